The van der Waals surface area contributed by atoms with Gasteiger partial charge in [0, 0.05) is 4.31 Å². The first kappa shape index (κ1) is 27.3. The zero-order valence-corrected chi connectivity index (χ0v) is 6.90. The first-order valence-corrected chi connectivity index (χ1v) is 1.22. The van der Waals surface area contributed by atoms with E-state index >= 15 is 0 Å². The van der Waals surface area contributed by atoms with Crippen LogP contribution in [0.25, 0.3) is 0 Å². The standard InChI is InChI=1S/CS2.2ClH.H2S/c2-1-3;;;/h;2*1H;1H2. The maximum atomic E-state index is 3.96. The smallest absolute Gasteiger partial charge is 0.0297 e. The molecular weight excluding hydrogens is 179 g/mol. The molecule has 0 amide bonds. The first-order chi connectivity index (χ1) is 1.41. The highest BCUT2D eigenvalue weighted by molar-refractivity contribution is 7.93. The molecule has 0 aliphatic heterocycles. The minimum absolute atomic E-state index is 0. The van der Waals surface area contributed by atoms with Crippen molar-refractivity contribution in [3.8, 4) is 0 Å². The Labute approximate surface area is 67.0 Å². The van der Waals surface area contributed by atoms with Gasteiger partial charge in [0.05, 0.1) is 0 Å². The van der Waals surface area contributed by atoms with Crippen molar-refractivity contribution in [2.75, 3.05) is 0 Å². The van der Waals surface area contributed by atoms with Gasteiger partial charge in [-0.1, -0.05) is 0 Å². The number of rotatable bonds is 0. The summed E-state index contributed by atoms with van der Waals surface area (Å²) in [6, 6.07) is 0. The largest absolute Gasteiger partial charge is 0.197 e. The maximum Gasteiger partial charge on any atom is 0.0297 e. The van der Waals surface area contributed by atoms with Gasteiger partial charge >= 0.3 is 0 Å². The summed E-state index contributed by atoms with van der Waals surface area (Å²) in [6.45, 7) is 0. The van der Waals surface area contributed by atoms with E-state index in [1.54, 1.807) is 0 Å². The SMILES string of the molecule is Cl.Cl.S.S=C=S. The molecule has 6 heavy (non-hydrogen) atoms. The summed E-state index contributed by atoms with van der Waals surface area (Å²) in [5, 5.41) is 0. The van der Waals surface area contributed by atoms with Crippen LogP contribution in [0.2, 0.25) is 0 Å². The molecule has 0 aromatic rings. The van der Waals surface area contributed by atoms with E-state index in [4.69, 9.17) is 0 Å². The molecule has 0 bridgehead atoms. The second-order valence-electron chi connectivity index (χ2n) is 0.0833. The molecule has 0 nitrogen and oxygen atoms in total. The zero-order chi connectivity index (χ0) is 2.71. The molecule has 0 aromatic carbocycles. The third-order valence-corrected chi connectivity index (χ3v) is 0. The van der Waals surface area contributed by atoms with Crippen molar-refractivity contribution in [2.45, 2.75) is 0 Å². The van der Waals surface area contributed by atoms with Crippen molar-refractivity contribution in [2.24, 2.45) is 0 Å². The molecule has 0 heterocycles. The maximum absolute atomic E-state index is 3.96. The highest BCUT2D eigenvalue weighted by Crippen LogP contribution is 1.29. The van der Waals surface area contributed by atoms with Crippen LogP contribution in [0.3, 0.4) is 0 Å². The Bertz CT molecular complexity index is 29.8. The van der Waals surface area contributed by atoms with Crippen molar-refractivity contribution in [3.05, 3.63) is 0 Å². The van der Waals surface area contributed by atoms with Crippen molar-refractivity contribution in [1.29, 1.82) is 0 Å². The summed E-state index contributed by atoms with van der Waals surface area (Å²) < 4.78 is 1.92. The van der Waals surface area contributed by atoms with Crippen LogP contribution in [0, 0.1) is 0 Å². The summed E-state index contributed by atoms with van der Waals surface area (Å²) >= 11 is 7.92. The normalized spacial score (nSPS) is 1.33. The fraction of sp³-hybridized carbons (Fsp3) is 0. The molecule has 0 aliphatic rings. The van der Waals surface area contributed by atoms with Crippen molar-refractivity contribution in [3.63, 3.8) is 0 Å². The van der Waals surface area contributed by atoms with Crippen molar-refractivity contribution < 1.29 is 0 Å². The first-order valence-electron chi connectivity index (χ1n) is 0.408. The monoisotopic (exact) mass is 182 g/mol. The lowest BCUT2D eigenvalue weighted by Crippen LogP contribution is -0.917. The van der Waals surface area contributed by atoms with E-state index < -0.39 is 0 Å². The quantitative estimate of drug-likeness (QED) is 0.526. The van der Waals surface area contributed by atoms with Crippen LogP contribution < -0.4 is 0 Å². The number of hydrogen-bond acceptors (Lipinski definition) is 2. The Hall–Kier alpha value is 1.15. The minimum Gasteiger partial charge on any atom is -0.197 e. The molecule has 0 unspecified atom stereocenters. The van der Waals surface area contributed by atoms with Gasteiger partial charge in [-0.2, -0.15) is 13.5 Å². The summed E-state index contributed by atoms with van der Waals surface area (Å²) in [5.74, 6) is 0. The van der Waals surface area contributed by atoms with Gasteiger partial charge in [0.25, 0.3) is 0 Å². The average Bonchev–Trinajstić information content (AvgIpc) is 0.918. The predicted octanol–water partition coefficient (Wildman–Crippen LogP) is 1.97. The second kappa shape index (κ2) is 35.3. The van der Waals surface area contributed by atoms with Crippen LogP contribution in [0.4, 0.5) is 0 Å². The number of thiocarbonyl (C=S) groups is 2. The van der Waals surface area contributed by atoms with Crippen LogP contribution >= 0.6 is 62.7 Å². The van der Waals surface area contributed by atoms with Crippen LogP contribution in [0.15, 0.2) is 0 Å². The van der Waals surface area contributed by atoms with E-state index in [9.17, 15) is 0 Å². The topological polar surface area (TPSA) is 0 Å². The van der Waals surface area contributed by atoms with Gasteiger partial charge in [0.1, 0.15) is 0 Å². The van der Waals surface area contributed by atoms with Gasteiger partial charge in [-0.25, -0.2) is 0 Å². The third kappa shape index (κ3) is 67.1. The summed E-state index contributed by atoms with van der Waals surface area (Å²) in [5.41, 5.74) is 0. The van der Waals surface area contributed by atoms with Gasteiger partial charge in [-0.05, 0) is 24.4 Å². The zero-order valence-electron chi connectivity index (χ0n) is 2.63. The fourth-order valence-electron chi connectivity index (χ4n) is 0. The molecule has 0 N–H and O–H groups in total. The van der Waals surface area contributed by atoms with E-state index in [0.29, 0.717) is 0 Å². The fourth-order valence-corrected chi connectivity index (χ4v) is 0. The van der Waals surface area contributed by atoms with Crippen LogP contribution in [-0.2, 0) is 0 Å². The Morgan fingerprint density at radius 3 is 1.00 bits per heavy atom. The Morgan fingerprint density at radius 1 is 1.00 bits per heavy atom. The van der Waals surface area contributed by atoms with E-state index in [2.05, 4.69) is 24.4 Å². The minimum atomic E-state index is 0. The Morgan fingerprint density at radius 2 is 1.00 bits per heavy atom. The molecule has 0 saturated heterocycles. The van der Waals surface area contributed by atoms with Gasteiger partial charge in [0.15, 0.2) is 0 Å². The van der Waals surface area contributed by atoms with Crippen LogP contribution in [0.5, 0.6) is 0 Å². The molecule has 0 aromatic heterocycles. The molecule has 0 radical (unpaired) electrons. The Balaban J connectivity index is -0.00000000667. The number of hydrogen-bond donors (Lipinski definition) is 0. The summed E-state index contributed by atoms with van der Waals surface area (Å²) in [6.07, 6.45) is 0. The summed E-state index contributed by atoms with van der Waals surface area (Å²) in [4.78, 5) is 0. The van der Waals surface area contributed by atoms with E-state index in [-0.39, 0.29) is 38.3 Å². The highest BCUT2D eigenvalue weighted by Gasteiger charge is 1.01. The van der Waals surface area contributed by atoms with E-state index in [1.165, 1.54) is 0 Å². The molecule has 0 spiro atoms. The lowest BCUT2D eigenvalue weighted by atomic mass is 12.0. The third-order valence-electron chi connectivity index (χ3n) is 0. The van der Waals surface area contributed by atoms with Crippen LogP contribution in [0.1, 0.15) is 0 Å². The lowest BCUT2D eigenvalue weighted by molar-refractivity contribution is 4.67. The van der Waals surface area contributed by atoms with Gasteiger partial charge in [-0.15, -0.1) is 24.8 Å². The molecule has 40 valence electrons. The molecule has 0 saturated carbocycles. The molecule has 0 aliphatic carbocycles. The average molecular weight is 183 g/mol. The number of halogens is 2. The molecule has 0 atom stereocenters. The van der Waals surface area contributed by atoms with E-state index in [0.717, 1.165) is 0 Å². The Kier molecular flexibility index (Phi) is 160. The van der Waals surface area contributed by atoms with E-state index in [1.807, 2.05) is 4.31 Å². The molecular formula is CH4Cl2S3. The van der Waals surface area contributed by atoms with Gasteiger partial charge in [-0.3, -0.25) is 0 Å². The molecule has 5 heteroatoms. The highest BCUT2D eigenvalue weighted by atomic mass is 35.5. The van der Waals surface area contributed by atoms with Gasteiger partial charge in [0.2, 0.25) is 0 Å². The van der Waals surface area contributed by atoms with Crippen molar-refractivity contribution >= 4 is 67.1 Å². The summed E-state index contributed by atoms with van der Waals surface area (Å²) in [7, 11) is 0. The molecule has 0 rings (SSSR count). The van der Waals surface area contributed by atoms with Crippen LogP contribution in [-0.4, -0.2) is 4.31 Å². The second-order valence-corrected chi connectivity index (χ2v) is 0.750. The predicted molar refractivity (Wildman–Crippen MR) is 45.1 cm³/mol. The lowest BCUT2D eigenvalue weighted by Gasteiger charge is -0.992. The molecule has 0 fully saturated rings. The van der Waals surface area contributed by atoms with Gasteiger partial charge < -0.3 is 0 Å². The van der Waals surface area contributed by atoms with Crippen molar-refractivity contribution in [1.82, 2.24) is 0 Å².